The third kappa shape index (κ3) is 11.3. The number of nitrogens with two attached hydrogens (primary N) is 1. The number of carboxylic acid groups (broad SMARTS) is 1. The van der Waals surface area contributed by atoms with Gasteiger partial charge in [0.05, 0.1) is 6.67 Å². The summed E-state index contributed by atoms with van der Waals surface area (Å²) in [4.78, 5) is 43.8. The zero-order valence-electron chi connectivity index (χ0n) is 16.3. The lowest BCUT2D eigenvalue weighted by Gasteiger charge is -2.01. The highest BCUT2D eigenvalue weighted by Crippen LogP contribution is 2.18. The zero-order chi connectivity index (χ0) is 22.9. The van der Waals surface area contributed by atoms with E-state index in [9.17, 15) is 19.2 Å². The van der Waals surface area contributed by atoms with Gasteiger partial charge in [-0.15, -0.1) is 0 Å². The van der Waals surface area contributed by atoms with Crippen LogP contribution in [-0.2, 0) is 19.2 Å². The normalized spacial score (nSPS) is 9.20. The minimum absolute atomic E-state index is 0.0930. The predicted octanol–water partition coefficient (Wildman–Crippen LogP) is 1.47. The van der Waals surface area contributed by atoms with Crippen molar-refractivity contribution in [2.24, 2.45) is 5.73 Å². The Kier molecular flexibility index (Phi) is 12.5. The largest absolute Gasteiger partial charge is 0.478 e. The summed E-state index contributed by atoms with van der Waals surface area (Å²) >= 11 is 0. The SMILES string of the molecule is C=CC(=O)NCNC(=O)C=C.C=CC(N)=O.O=C(O)/C=C\c1c[nH]c2ccccc12. The van der Waals surface area contributed by atoms with Gasteiger partial charge in [0.25, 0.3) is 0 Å². The number of carbonyl (C=O) groups excluding carboxylic acids is 3. The Balaban J connectivity index is 0.000000471. The molecule has 2 rings (SSSR count). The van der Waals surface area contributed by atoms with E-state index < -0.39 is 11.9 Å². The number of hydrogen-bond acceptors (Lipinski definition) is 4. The van der Waals surface area contributed by atoms with Crippen LogP contribution in [0.1, 0.15) is 5.56 Å². The predicted molar refractivity (Wildman–Crippen MR) is 116 cm³/mol. The molecule has 6 N–H and O–H groups in total. The van der Waals surface area contributed by atoms with Gasteiger partial charge in [0.1, 0.15) is 0 Å². The van der Waals surface area contributed by atoms with E-state index >= 15 is 0 Å². The minimum Gasteiger partial charge on any atom is -0.478 e. The number of fused-ring (bicyclic) bond motifs is 1. The van der Waals surface area contributed by atoms with Crippen LogP contribution in [-0.4, -0.2) is 40.5 Å². The summed E-state index contributed by atoms with van der Waals surface area (Å²) in [7, 11) is 0. The average Bonchev–Trinajstić information content (AvgIpc) is 3.16. The number of amides is 3. The van der Waals surface area contributed by atoms with Crippen molar-refractivity contribution in [2.75, 3.05) is 6.67 Å². The number of carboxylic acids is 1. The molecule has 1 heterocycles. The number of primary amides is 1. The molecule has 0 aliphatic heterocycles. The summed E-state index contributed by atoms with van der Waals surface area (Å²) in [5.41, 5.74) is 6.44. The molecule has 0 aliphatic rings. The summed E-state index contributed by atoms with van der Waals surface area (Å²) in [6, 6.07) is 7.76. The fourth-order valence-electron chi connectivity index (χ4n) is 1.76. The van der Waals surface area contributed by atoms with Crippen LogP contribution < -0.4 is 16.4 Å². The van der Waals surface area contributed by atoms with Crippen LogP contribution in [0.15, 0.2) is 74.5 Å². The quantitative estimate of drug-likeness (QED) is 0.344. The zero-order valence-corrected chi connectivity index (χ0v) is 16.3. The lowest BCUT2D eigenvalue weighted by molar-refractivity contribution is -0.131. The van der Waals surface area contributed by atoms with Gasteiger partial charge in [0.2, 0.25) is 17.7 Å². The van der Waals surface area contributed by atoms with Crippen molar-refractivity contribution in [3.05, 3.63) is 80.1 Å². The topological polar surface area (TPSA) is 154 Å². The average molecular weight is 412 g/mol. The van der Waals surface area contributed by atoms with Gasteiger partial charge in [-0.2, -0.15) is 0 Å². The monoisotopic (exact) mass is 412 g/mol. The number of hydrogen-bond donors (Lipinski definition) is 5. The molecule has 30 heavy (non-hydrogen) atoms. The Morgan fingerprint density at radius 1 is 1.00 bits per heavy atom. The van der Waals surface area contributed by atoms with E-state index in [1.165, 1.54) is 0 Å². The van der Waals surface area contributed by atoms with Crippen molar-refractivity contribution in [2.45, 2.75) is 0 Å². The molecule has 1 aromatic carbocycles. The summed E-state index contributed by atoms with van der Waals surface area (Å²) in [6.45, 7) is 9.65. The molecule has 0 bridgehead atoms. The fourth-order valence-corrected chi connectivity index (χ4v) is 1.76. The van der Waals surface area contributed by atoms with Crippen molar-refractivity contribution in [1.82, 2.24) is 15.6 Å². The van der Waals surface area contributed by atoms with Crippen molar-refractivity contribution in [3.63, 3.8) is 0 Å². The van der Waals surface area contributed by atoms with E-state index in [1.54, 1.807) is 12.3 Å². The van der Waals surface area contributed by atoms with E-state index in [2.05, 4.69) is 41.1 Å². The number of aromatic amines is 1. The first-order valence-corrected chi connectivity index (χ1v) is 8.44. The molecule has 9 nitrogen and oxygen atoms in total. The molecule has 0 unspecified atom stereocenters. The van der Waals surface area contributed by atoms with Crippen molar-refractivity contribution in [1.29, 1.82) is 0 Å². The standard InChI is InChI=1S/C11H9NO2.C7H10N2O2.C3H5NO/c13-11(14)6-5-8-7-12-10-4-2-1-3-9(8)10;1-3-6(10)8-5-9-7(11)4-2;1-2-3(4)5/h1-7,12H,(H,13,14);3-4H,1-2,5H2,(H,8,10)(H,9,11);2H,1H2,(H2,4,5)/b6-5-;;. The number of carbonyl (C=O) groups is 4. The maximum Gasteiger partial charge on any atom is 0.328 e. The van der Waals surface area contributed by atoms with E-state index in [0.717, 1.165) is 40.8 Å². The molecule has 0 spiro atoms. The van der Waals surface area contributed by atoms with Gasteiger partial charge in [-0.05, 0) is 35.9 Å². The number of H-pyrrole nitrogens is 1. The molecule has 0 aliphatic carbocycles. The molecule has 0 saturated heterocycles. The first-order valence-electron chi connectivity index (χ1n) is 8.44. The van der Waals surface area contributed by atoms with Crippen LogP contribution in [0.5, 0.6) is 0 Å². The molecule has 9 heteroatoms. The molecular formula is C21H24N4O5. The Hall–Kier alpha value is -4.40. The summed E-state index contributed by atoms with van der Waals surface area (Å²) in [5, 5.41) is 14.2. The Bertz CT molecular complexity index is 924. The van der Waals surface area contributed by atoms with Gasteiger partial charge in [-0.1, -0.05) is 37.9 Å². The number of aliphatic carboxylic acids is 1. The molecule has 0 fully saturated rings. The third-order valence-electron chi connectivity index (χ3n) is 3.12. The molecule has 2 aromatic rings. The maximum absolute atomic E-state index is 10.5. The number of nitrogens with one attached hydrogen (secondary N) is 3. The second kappa shape index (κ2) is 14.6. The van der Waals surface area contributed by atoms with Crippen LogP contribution in [0.3, 0.4) is 0 Å². The van der Waals surface area contributed by atoms with Crippen molar-refractivity contribution < 1.29 is 24.3 Å². The summed E-state index contributed by atoms with van der Waals surface area (Å²) in [6.07, 6.45) is 7.82. The van der Waals surface area contributed by atoms with Crippen molar-refractivity contribution >= 4 is 40.7 Å². The fraction of sp³-hybridized carbons (Fsp3) is 0.0476. The minimum atomic E-state index is -0.935. The van der Waals surface area contributed by atoms with Crippen molar-refractivity contribution in [3.8, 4) is 0 Å². The Labute approximate surface area is 173 Å². The highest BCUT2D eigenvalue weighted by Gasteiger charge is 1.99. The van der Waals surface area contributed by atoms with E-state index in [-0.39, 0.29) is 18.5 Å². The lowest BCUT2D eigenvalue weighted by atomic mass is 10.1. The molecule has 158 valence electrons. The summed E-state index contributed by atoms with van der Waals surface area (Å²) < 4.78 is 0. The van der Waals surface area contributed by atoms with Gasteiger partial charge in [0, 0.05) is 23.2 Å². The number of aromatic nitrogens is 1. The first kappa shape index (κ1) is 25.6. The molecule has 0 radical (unpaired) electrons. The van der Waals surface area contributed by atoms with Gasteiger partial charge < -0.3 is 26.5 Å². The first-order chi connectivity index (χ1) is 14.2. The molecule has 3 amide bonds. The highest BCUT2D eigenvalue weighted by atomic mass is 16.4. The Morgan fingerprint density at radius 2 is 1.53 bits per heavy atom. The second-order valence-electron chi connectivity index (χ2n) is 5.23. The van der Waals surface area contributed by atoms with Gasteiger partial charge in [-0.25, -0.2) is 4.79 Å². The van der Waals surface area contributed by atoms with E-state index in [4.69, 9.17) is 5.11 Å². The number of rotatable bonds is 7. The highest BCUT2D eigenvalue weighted by molar-refractivity contribution is 5.93. The molecular weight excluding hydrogens is 388 g/mol. The van der Waals surface area contributed by atoms with E-state index in [0.29, 0.717) is 0 Å². The summed E-state index contributed by atoms with van der Waals surface area (Å²) in [5.74, 6) is -2.07. The number of benzene rings is 1. The molecule has 0 atom stereocenters. The van der Waals surface area contributed by atoms with Crippen LogP contribution >= 0.6 is 0 Å². The number of para-hydroxylation sites is 1. The van der Waals surface area contributed by atoms with Crippen LogP contribution in [0.2, 0.25) is 0 Å². The second-order valence-corrected chi connectivity index (χ2v) is 5.23. The smallest absolute Gasteiger partial charge is 0.328 e. The lowest BCUT2D eigenvalue weighted by Crippen LogP contribution is -2.35. The van der Waals surface area contributed by atoms with Crippen LogP contribution in [0.25, 0.3) is 17.0 Å². The van der Waals surface area contributed by atoms with Gasteiger partial charge in [-0.3, -0.25) is 14.4 Å². The van der Waals surface area contributed by atoms with E-state index in [1.807, 2.05) is 24.3 Å². The third-order valence-corrected chi connectivity index (χ3v) is 3.12. The Morgan fingerprint density at radius 3 is 2.00 bits per heavy atom. The molecule has 0 saturated carbocycles. The van der Waals surface area contributed by atoms with Crippen LogP contribution in [0, 0.1) is 0 Å². The van der Waals surface area contributed by atoms with Gasteiger partial charge in [0.15, 0.2) is 0 Å². The maximum atomic E-state index is 10.5. The molecule has 1 aromatic heterocycles. The van der Waals surface area contributed by atoms with Gasteiger partial charge >= 0.3 is 5.97 Å². The van der Waals surface area contributed by atoms with Crippen LogP contribution in [0.4, 0.5) is 0 Å².